The summed E-state index contributed by atoms with van der Waals surface area (Å²) in [6.07, 6.45) is 0.575. The van der Waals surface area contributed by atoms with Gasteiger partial charge in [-0.25, -0.2) is 9.18 Å². The van der Waals surface area contributed by atoms with Crippen LogP contribution in [0.2, 0.25) is 0 Å². The Hall–Kier alpha value is -1.38. The van der Waals surface area contributed by atoms with Crippen LogP contribution in [0.25, 0.3) is 0 Å². The molecule has 1 N–H and O–H groups in total. The zero-order valence-corrected chi connectivity index (χ0v) is 6.67. The number of aromatic carboxylic acids is 1. The van der Waals surface area contributed by atoms with Crippen molar-refractivity contribution in [2.45, 2.75) is 13.3 Å². The van der Waals surface area contributed by atoms with Crippen LogP contribution in [0.15, 0.2) is 18.2 Å². The average molecular weight is 168 g/mol. The molecular weight excluding hydrogens is 159 g/mol. The molecule has 64 valence electrons. The molecule has 0 fully saturated rings. The van der Waals surface area contributed by atoms with Gasteiger partial charge in [0.2, 0.25) is 0 Å². The summed E-state index contributed by atoms with van der Waals surface area (Å²) in [6, 6.07) is 3.95. The highest BCUT2D eigenvalue weighted by molar-refractivity contribution is 5.87. The van der Waals surface area contributed by atoms with Crippen LogP contribution in [0.3, 0.4) is 0 Å². The number of carboxylic acid groups (broad SMARTS) is 1. The van der Waals surface area contributed by atoms with Gasteiger partial charge >= 0.3 is 5.97 Å². The Bertz CT molecular complexity index is 307. The van der Waals surface area contributed by atoms with Crippen molar-refractivity contribution in [1.29, 1.82) is 0 Å². The first-order valence-electron chi connectivity index (χ1n) is 3.67. The summed E-state index contributed by atoms with van der Waals surface area (Å²) >= 11 is 0. The van der Waals surface area contributed by atoms with E-state index >= 15 is 0 Å². The van der Waals surface area contributed by atoms with E-state index in [9.17, 15) is 9.18 Å². The van der Waals surface area contributed by atoms with Crippen molar-refractivity contribution in [2.24, 2.45) is 0 Å². The molecule has 0 aliphatic heterocycles. The Balaban J connectivity index is 3.10. The lowest BCUT2D eigenvalue weighted by atomic mass is 10.1. The van der Waals surface area contributed by atoms with Gasteiger partial charge in [0.05, 0.1) is 5.56 Å². The fourth-order valence-corrected chi connectivity index (χ4v) is 0.967. The minimum Gasteiger partial charge on any atom is -0.478 e. The minimum absolute atomic E-state index is 0.00954. The quantitative estimate of drug-likeness (QED) is 0.734. The molecule has 1 rings (SSSR count). The second kappa shape index (κ2) is 3.34. The minimum atomic E-state index is -1.10. The van der Waals surface area contributed by atoms with Gasteiger partial charge in [-0.3, -0.25) is 0 Å². The van der Waals surface area contributed by atoms with Crippen LogP contribution in [0.5, 0.6) is 0 Å². The van der Waals surface area contributed by atoms with Crippen molar-refractivity contribution >= 4 is 5.97 Å². The number of carboxylic acids is 1. The van der Waals surface area contributed by atoms with Gasteiger partial charge in [-0.15, -0.1) is 0 Å². The van der Waals surface area contributed by atoms with E-state index in [2.05, 4.69) is 0 Å². The van der Waals surface area contributed by atoms with E-state index < -0.39 is 11.8 Å². The molecule has 0 aliphatic carbocycles. The van der Waals surface area contributed by atoms with E-state index in [0.717, 1.165) is 6.07 Å². The van der Waals surface area contributed by atoms with Crippen molar-refractivity contribution in [2.75, 3.05) is 0 Å². The SMILES string of the molecule is CCc1ccc(C(=O)O)cc1F. The Morgan fingerprint density at radius 3 is 2.67 bits per heavy atom. The van der Waals surface area contributed by atoms with Crippen LogP contribution in [-0.4, -0.2) is 11.1 Å². The first kappa shape index (κ1) is 8.71. The molecule has 12 heavy (non-hydrogen) atoms. The number of rotatable bonds is 2. The van der Waals surface area contributed by atoms with E-state index in [1.165, 1.54) is 12.1 Å². The van der Waals surface area contributed by atoms with Crippen molar-refractivity contribution in [3.8, 4) is 0 Å². The second-order valence-corrected chi connectivity index (χ2v) is 2.46. The third-order valence-corrected chi connectivity index (χ3v) is 1.68. The molecule has 0 atom stereocenters. The first-order valence-corrected chi connectivity index (χ1v) is 3.67. The van der Waals surface area contributed by atoms with Gasteiger partial charge in [-0.05, 0) is 24.1 Å². The molecule has 1 aromatic rings. The van der Waals surface area contributed by atoms with Crippen LogP contribution in [-0.2, 0) is 6.42 Å². The predicted octanol–water partition coefficient (Wildman–Crippen LogP) is 2.09. The Kier molecular flexibility index (Phi) is 2.43. The molecule has 0 bridgehead atoms. The van der Waals surface area contributed by atoms with Crippen LogP contribution in [0, 0.1) is 5.82 Å². The summed E-state index contributed by atoms with van der Waals surface area (Å²) in [5.41, 5.74) is 0.532. The molecule has 0 saturated carbocycles. The summed E-state index contributed by atoms with van der Waals surface area (Å²) in [4.78, 5) is 10.4. The number of aryl methyl sites for hydroxylation is 1. The van der Waals surface area contributed by atoms with Gasteiger partial charge in [0.1, 0.15) is 5.82 Å². The highest BCUT2D eigenvalue weighted by Gasteiger charge is 2.06. The molecule has 0 amide bonds. The normalized spacial score (nSPS) is 9.83. The predicted molar refractivity (Wildman–Crippen MR) is 42.7 cm³/mol. The summed E-state index contributed by atoms with van der Waals surface area (Å²) < 4.78 is 12.9. The molecule has 0 unspecified atom stereocenters. The van der Waals surface area contributed by atoms with Gasteiger partial charge in [-0.1, -0.05) is 13.0 Å². The number of hydrogen-bond acceptors (Lipinski definition) is 1. The van der Waals surface area contributed by atoms with Gasteiger partial charge in [-0.2, -0.15) is 0 Å². The van der Waals surface area contributed by atoms with Gasteiger partial charge in [0.25, 0.3) is 0 Å². The largest absolute Gasteiger partial charge is 0.478 e. The molecule has 1 aromatic carbocycles. The van der Waals surface area contributed by atoms with Gasteiger partial charge < -0.3 is 5.11 Å². The summed E-state index contributed by atoms with van der Waals surface area (Å²) in [5, 5.41) is 8.51. The molecule has 0 heterocycles. The Morgan fingerprint density at radius 2 is 2.25 bits per heavy atom. The fraction of sp³-hybridized carbons (Fsp3) is 0.222. The zero-order chi connectivity index (χ0) is 9.14. The lowest BCUT2D eigenvalue weighted by Gasteiger charge is -1.99. The lowest BCUT2D eigenvalue weighted by Crippen LogP contribution is -1.98. The number of halogens is 1. The Labute approximate surface area is 69.6 Å². The topological polar surface area (TPSA) is 37.3 Å². The Morgan fingerprint density at radius 1 is 1.58 bits per heavy atom. The van der Waals surface area contributed by atoms with E-state index in [0.29, 0.717) is 12.0 Å². The van der Waals surface area contributed by atoms with Crippen molar-refractivity contribution in [3.63, 3.8) is 0 Å². The van der Waals surface area contributed by atoms with E-state index in [4.69, 9.17) is 5.11 Å². The van der Waals surface area contributed by atoms with Gasteiger partial charge in [0.15, 0.2) is 0 Å². The van der Waals surface area contributed by atoms with E-state index in [-0.39, 0.29) is 5.56 Å². The van der Waals surface area contributed by atoms with Crippen LogP contribution >= 0.6 is 0 Å². The highest BCUT2D eigenvalue weighted by Crippen LogP contribution is 2.10. The molecule has 0 radical (unpaired) electrons. The molecular formula is C9H9FO2. The van der Waals surface area contributed by atoms with Crippen molar-refractivity contribution in [1.82, 2.24) is 0 Å². The third-order valence-electron chi connectivity index (χ3n) is 1.68. The second-order valence-electron chi connectivity index (χ2n) is 2.46. The smallest absolute Gasteiger partial charge is 0.335 e. The number of hydrogen-bond donors (Lipinski definition) is 1. The third kappa shape index (κ3) is 1.61. The van der Waals surface area contributed by atoms with Crippen LogP contribution in [0.1, 0.15) is 22.8 Å². The maximum atomic E-state index is 12.9. The maximum absolute atomic E-state index is 12.9. The van der Waals surface area contributed by atoms with Crippen LogP contribution < -0.4 is 0 Å². The summed E-state index contributed by atoms with van der Waals surface area (Å²) in [5.74, 6) is -1.55. The zero-order valence-electron chi connectivity index (χ0n) is 6.67. The molecule has 2 nitrogen and oxygen atoms in total. The first-order chi connectivity index (χ1) is 5.65. The maximum Gasteiger partial charge on any atom is 0.335 e. The highest BCUT2D eigenvalue weighted by atomic mass is 19.1. The fourth-order valence-electron chi connectivity index (χ4n) is 0.967. The molecule has 0 aromatic heterocycles. The van der Waals surface area contributed by atoms with Crippen LogP contribution in [0.4, 0.5) is 4.39 Å². The summed E-state index contributed by atoms with van der Waals surface area (Å²) in [6.45, 7) is 1.82. The van der Waals surface area contributed by atoms with E-state index in [1.807, 2.05) is 6.92 Å². The molecule has 0 aliphatic rings. The standard InChI is InChI=1S/C9H9FO2/c1-2-6-3-4-7(9(11)12)5-8(6)10/h3-5H,2H2,1H3,(H,11,12). The van der Waals surface area contributed by atoms with Gasteiger partial charge in [0, 0.05) is 0 Å². The number of benzene rings is 1. The molecule has 0 saturated heterocycles. The van der Waals surface area contributed by atoms with E-state index in [1.54, 1.807) is 0 Å². The van der Waals surface area contributed by atoms with Crippen molar-refractivity contribution in [3.05, 3.63) is 35.1 Å². The monoisotopic (exact) mass is 168 g/mol. The summed E-state index contributed by atoms with van der Waals surface area (Å²) in [7, 11) is 0. The lowest BCUT2D eigenvalue weighted by molar-refractivity contribution is 0.0696. The average Bonchev–Trinajstić information content (AvgIpc) is 2.04. The molecule has 3 heteroatoms. The van der Waals surface area contributed by atoms with Crippen molar-refractivity contribution < 1.29 is 14.3 Å². The number of carbonyl (C=O) groups is 1. The molecule has 0 spiro atoms.